The third kappa shape index (κ3) is 3.03. The summed E-state index contributed by atoms with van der Waals surface area (Å²) in [4.78, 5) is 0. The second kappa shape index (κ2) is 5.89. The Morgan fingerprint density at radius 1 is 1.17 bits per heavy atom. The smallest absolute Gasteiger partial charge is 0.0636 e. The first-order valence-corrected chi connectivity index (χ1v) is 6.21. The van der Waals surface area contributed by atoms with Crippen LogP contribution in [0.2, 0.25) is 5.02 Å². The van der Waals surface area contributed by atoms with Crippen LogP contribution < -0.4 is 11.1 Å². The fourth-order valence-corrected chi connectivity index (χ4v) is 2.01. The van der Waals surface area contributed by atoms with Gasteiger partial charge in [-0.3, -0.25) is 0 Å². The Bertz CT molecular complexity index is 511. The Hall–Kier alpha value is -1.51. The van der Waals surface area contributed by atoms with Crippen LogP contribution in [0.1, 0.15) is 17.2 Å². The number of halogens is 1. The lowest BCUT2D eigenvalue weighted by Crippen LogP contribution is -2.20. The number of benzene rings is 2. The van der Waals surface area contributed by atoms with E-state index in [9.17, 15) is 0 Å². The largest absolute Gasteiger partial charge is 0.377 e. The average molecular weight is 260 g/mol. The highest BCUT2D eigenvalue weighted by Gasteiger charge is 2.10. The number of hydrogen-bond acceptors (Lipinski definition) is 2. The van der Waals surface area contributed by atoms with Crippen LogP contribution in [-0.4, -0.2) is 6.54 Å². The Morgan fingerprint density at radius 3 is 2.56 bits per heavy atom. The van der Waals surface area contributed by atoms with Gasteiger partial charge in [-0.05, 0) is 30.2 Å². The van der Waals surface area contributed by atoms with E-state index in [4.69, 9.17) is 17.3 Å². The van der Waals surface area contributed by atoms with Crippen molar-refractivity contribution >= 4 is 17.3 Å². The molecule has 3 N–H and O–H groups in total. The summed E-state index contributed by atoms with van der Waals surface area (Å²) < 4.78 is 0. The molecule has 0 fully saturated rings. The molecule has 0 aliphatic rings. The molecule has 3 heteroatoms. The molecule has 0 amide bonds. The van der Waals surface area contributed by atoms with E-state index in [1.807, 2.05) is 36.4 Å². The highest BCUT2D eigenvalue weighted by molar-refractivity contribution is 6.30. The zero-order valence-corrected chi connectivity index (χ0v) is 10.8. The number of anilines is 1. The van der Waals surface area contributed by atoms with Crippen LogP contribution in [0.3, 0.4) is 0 Å². The van der Waals surface area contributed by atoms with E-state index < -0.39 is 0 Å². The van der Waals surface area contributed by atoms with Crippen LogP contribution in [0.5, 0.6) is 0 Å². The highest BCUT2D eigenvalue weighted by atomic mass is 35.5. The van der Waals surface area contributed by atoms with E-state index >= 15 is 0 Å². The van der Waals surface area contributed by atoms with E-state index in [0.717, 1.165) is 16.8 Å². The van der Waals surface area contributed by atoms with Gasteiger partial charge in [0.15, 0.2) is 0 Å². The summed E-state index contributed by atoms with van der Waals surface area (Å²) in [5.41, 5.74) is 8.81. The summed E-state index contributed by atoms with van der Waals surface area (Å²) in [6.45, 7) is 4.49. The SMILES string of the molecule is [CH2]c1ccc(Cl)cc1N[C@H](CN)c1ccccc1. The summed E-state index contributed by atoms with van der Waals surface area (Å²) in [7, 11) is 0. The van der Waals surface area contributed by atoms with Gasteiger partial charge in [0, 0.05) is 17.3 Å². The van der Waals surface area contributed by atoms with Gasteiger partial charge in [0.2, 0.25) is 0 Å². The second-order valence-corrected chi connectivity index (χ2v) is 4.58. The lowest BCUT2D eigenvalue weighted by Gasteiger charge is -2.20. The molecular formula is C15H16ClN2. The Labute approximate surface area is 113 Å². The molecule has 0 aromatic heterocycles. The van der Waals surface area contributed by atoms with Crippen molar-refractivity contribution in [2.45, 2.75) is 6.04 Å². The van der Waals surface area contributed by atoms with E-state index in [0.29, 0.717) is 11.6 Å². The van der Waals surface area contributed by atoms with Crippen molar-refractivity contribution in [3.8, 4) is 0 Å². The molecule has 0 aliphatic carbocycles. The summed E-state index contributed by atoms with van der Waals surface area (Å²) in [5, 5.41) is 4.07. The molecule has 0 saturated carbocycles. The second-order valence-electron chi connectivity index (χ2n) is 4.14. The maximum absolute atomic E-state index is 5.99. The van der Waals surface area contributed by atoms with E-state index in [1.54, 1.807) is 0 Å². The monoisotopic (exact) mass is 259 g/mol. The normalized spacial score (nSPS) is 12.2. The minimum atomic E-state index is 0.0603. The molecule has 2 aromatic carbocycles. The molecule has 0 unspecified atom stereocenters. The summed E-state index contributed by atoms with van der Waals surface area (Å²) >= 11 is 5.99. The van der Waals surface area contributed by atoms with Gasteiger partial charge >= 0.3 is 0 Å². The number of hydrogen-bond donors (Lipinski definition) is 2. The topological polar surface area (TPSA) is 38.0 Å². The number of nitrogens with one attached hydrogen (secondary N) is 1. The summed E-state index contributed by atoms with van der Waals surface area (Å²) in [5.74, 6) is 0. The maximum atomic E-state index is 5.99. The van der Waals surface area contributed by atoms with Gasteiger partial charge in [0.1, 0.15) is 0 Å². The molecule has 93 valence electrons. The van der Waals surface area contributed by atoms with Crippen LogP contribution >= 0.6 is 11.6 Å². The third-order valence-electron chi connectivity index (χ3n) is 2.84. The number of nitrogens with two attached hydrogens (primary N) is 1. The molecule has 2 aromatic rings. The maximum Gasteiger partial charge on any atom is 0.0636 e. The molecule has 0 saturated heterocycles. The zero-order chi connectivity index (χ0) is 13.0. The van der Waals surface area contributed by atoms with Crippen molar-refractivity contribution in [1.29, 1.82) is 0 Å². The van der Waals surface area contributed by atoms with Crippen molar-refractivity contribution in [1.82, 2.24) is 0 Å². The molecule has 0 heterocycles. The minimum Gasteiger partial charge on any atom is -0.377 e. The molecule has 2 rings (SSSR count). The highest BCUT2D eigenvalue weighted by Crippen LogP contribution is 2.24. The van der Waals surface area contributed by atoms with Gasteiger partial charge in [-0.25, -0.2) is 0 Å². The zero-order valence-electron chi connectivity index (χ0n) is 10.1. The first-order valence-electron chi connectivity index (χ1n) is 5.84. The Morgan fingerprint density at radius 2 is 1.89 bits per heavy atom. The third-order valence-corrected chi connectivity index (χ3v) is 3.07. The average Bonchev–Trinajstić information content (AvgIpc) is 2.41. The first-order chi connectivity index (χ1) is 8.70. The van der Waals surface area contributed by atoms with Crippen molar-refractivity contribution in [3.63, 3.8) is 0 Å². The minimum absolute atomic E-state index is 0.0603. The molecule has 0 bridgehead atoms. The van der Waals surface area contributed by atoms with E-state index in [2.05, 4.69) is 24.4 Å². The van der Waals surface area contributed by atoms with Gasteiger partial charge in [-0.2, -0.15) is 0 Å². The molecule has 0 aliphatic heterocycles. The van der Waals surface area contributed by atoms with Crippen LogP contribution in [0.4, 0.5) is 5.69 Å². The van der Waals surface area contributed by atoms with Crippen molar-refractivity contribution in [2.75, 3.05) is 11.9 Å². The van der Waals surface area contributed by atoms with Gasteiger partial charge in [0.25, 0.3) is 0 Å². The van der Waals surface area contributed by atoms with Crippen molar-refractivity contribution in [2.24, 2.45) is 5.73 Å². The molecule has 1 radical (unpaired) electrons. The fraction of sp³-hybridized carbons (Fsp3) is 0.133. The first kappa shape index (κ1) is 12.9. The predicted octanol–water partition coefficient (Wildman–Crippen LogP) is 3.63. The van der Waals surface area contributed by atoms with Gasteiger partial charge in [-0.15, -0.1) is 0 Å². The van der Waals surface area contributed by atoms with Crippen LogP contribution in [0.15, 0.2) is 48.5 Å². The quantitative estimate of drug-likeness (QED) is 0.880. The lowest BCUT2D eigenvalue weighted by molar-refractivity contribution is 0.789. The Kier molecular flexibility index (Phi) is 4.24. The molecule has 18 heavy (non-hydrogen) atoms. The van der Waals surface area contributed by atoms with Crippen molar-refractivity contribution < 1.29 is 0 Å². The number of rotatable bonds is 4. The summed E-state index contributed by atoms with van der Waals surface area (Å²) in [6.07, 6.45) is 0. The van der Waals surface area contributed by atoms with Crippen molar-refractivity contribution in [3.05, 3.63) is 71.6 Å². The van der Waals surface area contributed by atoms with Gasteiger partial charge in [-0.1, -0.05) is 48.0 Å². The summed E-state index contributed by atoms with van der Waals surface area (Å²) in [6, 6.07) is 15.8. The standard InChI is InChI=1S/C15H16ClN2/c1-11-7-8-13(16)9-14(11)18-15(10-17)12-5-3-2-4-6-12/h2-9,15,18H,1,10,17H2/t15-/m1/s1. The lowest BCUT2D eigenvalue weighted by atomic mass is 10.1. The molecule has 2 nitrogen and oxygen atoms in total. The van der Waals surface area contributed by atoms with Crippen LogP contribution in [0, 0.1) is 6.92 Å². The van der Waals surface area contributed by atoms with Crippen LogP contribution in [-0.2, 0) is 0 Å². The molecule has 1 atom stereocenters. The van der Waals surface area contributed by atoms with Gasteiger partial charge in [0.05, 0.1) is 6.04 Å². The van der Waals surface area contributed by atoms with Crippen LogP contribution in [0.25, 0.3) is 0 Å². The van der Waals surface area contributed by atoms with Gasteiger partial charge < -0.3 is 11.1 Å². The Balaban J connectivity index is 2.23. The van der Waals surface area contributed by atoms with E-state index in [-0.39, 0.29) is 6.04 Å². The molecular weight excluding hydrogens is 244 g/mol. The van der Waals surface area contributed by atoms with E-state index in [1.165, 1.54) is 0 Å². The fourth-order valence-electron chi connectivity index (χ4n) is 1.83. The molecule has 0 spiro atoms. The predicted molar refractivity (Wildman–Crippen MR) is 77.8 cm³/mol.